The highest BCUT2D eigenvalue weighted by molar-refractivity contribution is 5.00. The first-order chi connectivity index (χ1) is 9.02. The number of nitrogens with zero attached hydrogens (tertiary/aromatic N) is 3. The first-order valence-electron chi connectivity index (χ1n) is 7.31. The van der Waals surface area contributed by atoms with Crippen LogP contribution in [0.1, 0.15) is 45.3 Å². The molecule has 0 saturated carbocycles. The number of hydrogen-bond donors (Lipinski definition) is 1. The Morgan fingerprint density at radius 1 is 1.37 bits per heavy atom. The molecule has 0 bridgehead atoms. The maximum Gasteiger partial charge on any atom is 0.240 e. The molecule has 0 aliphatic carbocycles. The molecule has 3 heterocycles. The average Bonchev–Trinajstić information content (AvgIpc) is 2.95. The molecule has 2 atom stereocenters. The molecule has 2 saturated heterocycles. The number of aromatic nitrogens is 2. The van der Waals surface area contributed by atoms with E-state index in [2.05, 4.69) is 41.1 Å². The lowest BCUT2D eigenvalue weighted by Crippen LogP contribution is -2.43. The van der Waals surface area contributed by atoms with Crippen molar-refractivity contribution >= 4 is 0 Å². The molecular weight excluding hydrogens is 240 g/mol. The van der Waals surface area contributed by atoms with E-state index in [-0.39, 0.29) is 5.41 Å². The molecule has 0 radical (unpaired) electrons. The van der Waals surface area contributed by atoms with E-state index >= 15 is 0 Å². The number of fused-ring (bicyclic) bond motifs is 1. The Hall–Kier alpha value is -0.940. The van der Waals surface area contributed by atoms with Gasteiger partial charge in [-0.25, -0.2) is 0 Å². The van der Waals surface area contributed by atoms with Crippen molar-refractivity contribution in [1.29, 1.82) is 0 Å². The van der Waals surface area contributed by atoms with Crippen LogP contribution in [0.25, 0.3) is 0 Å². The quantitative estimate of drug-likeness (QED) is 0.878. The van der Waals surface area contributed by atoms with Crippen molar-refractivity contribution in [3.05, 3.63) is 11.7 Å². The van der Waals surface area contributed by atoms with Gasteiger partial charge in [-0.05, 0) is 25.3 Å². The van der Waals surface area contributed by atoms with E-state index in [1.54, 1.807) is 0 Å². The fourth-order valence-corrected chi connectivity index (χ4v) is 3.08. The van der Waals surface area contributed by atoms with E-state index < -0.39 is 0 Å². The summed E-state index contributed by atoms with van der Waals surface area (Å²) in [5.74, 6) is 2.37. The first kappa shape index (κ1) is 13.1. The summed E-state index contributed by atoms with van der Waals surface area (Å²) in [5.41, 5.74) is -0.0376. The second-order valence-corrected chi connectivity index (χ2v) is 6.89. The minimum Gasteiger partial charge on any atom is -0.338 e. The normalized spacial score (nSPS) is 28.6. The molecule has 2 aliphatic rings. The largest absolute Gasteiger partial charge is 0.338 e. The van der Waals surface area contributed by atoms with E-state index in [4.69, 9.17) is 4.52 Å². The van der Waals surface area contributed by atoms with Crippen molar-refractivity contribution in [3.63, 3.8) is 0 Å². The Kier molecular flexibility index (Phi) is 3.35. The molecule has 3 rings (SSSR count). The van der Waals surface area contributed by atoms with Gasteiger partial charge in [0.05, 0.1) is 6.54 Å². The van der Waals surface area contributed by atoms with Crippen LogP contribution in [0.4, 0.5) is 0 Å². The summed E-state index contributed by atoms with van der Waals surface area (Å²) in [6.07, 6.45) is 2.54. The smallest absolute Gasteiger partial charge is 0.240 e. The summed E-state index contributed by atoms with van der Waals surface area (Å²) in [7, 11) is 0. The lowest BCUT2D eigenvalue weighted by Gasteiger charge is -2.33. The van der Waals surface area contributed by atoms with Gasteiger partial charge >= 0.3 is 0 Å². The van der Waals surface area contributed by atoms with Gasteiger partial charge in [-0.15, -0.1) is 0 Å². The van der Waals surface area contributed by atoms with Crippen LogP contribution in [0, 0.1) is 5.92 Å². The Labute approximate surface area is 114 Å². The van der Waals surface area contributed by atoms with Gasteiger partial charge in [0.1, 0.15) is 0 Å². The van der Waals surface area contributed by atoms with Crippen molar-refractivity contribution < 1.29 is 4.52 Å². The van der Waals surface area contributed by atoms with Gasteiger partial charge in [-0.3, -0.25) is 4.90 Å². The van der Waals surface area contributed by atoms with Crippen molar-refractivity contribution in [2.24, 2.45) is 5.92 Å². The monoisotopic (exact) mass is 264 g/mol. The molecule has 5 nitrogen and oxygen atoms in total. The van der Waals surface area contributed by atoms with Gasteiger partial charge in [0.15, 0.2) is 5.82 Å². The van der Waals surface area contributed by atoms with Gasteiger partial charge in [0.25, 0.3) is 0 Å². The van der Waals surface area contributed by atoms with E-state index in [0.717, 1.165) is 43.3 Å². The Bertz CT molecular complexity index is 437. The minimum atomic E-state index is -0.0376. The fraction of sp³-hybridized carbons (Fsp3) is 0.857. The second kappa shape index (κ2) is 4.87. The van der Waals surface area contributed by atoms with Crippen LogP contribution in [0.2, 0.25) is 0 Å². The van der Waals surface area contributed by atoms with Crippen molar-refractivity contribution in [2.45, 2.75) is 51.6 Å². The van der Waals surface area contributed by atoms with Crippen LogP contribution in [-0.2, 0) is 12.0 Å². The summed E-state index contributed by atoms with van der Waals surface area (Å²) >= 11 is 0. The van der Waals surface area contributed by atoms with Crippen molar-refractivity contribution in [2.75, 3.05) is 19.6 Å². The molecular formula is C14H24N4O. The molecule has 1 N–H and O–H groups in total. The summed E-state index contributed by atoms with van der Waals surface area (Å²) in [5, 5.41) is 7.68. The predicted octanol–water partition coefficient (Wildman–Crippen LogP) is 1.55. The second-order valence-electron chi connectivity index (χ2n) is 6.89. The summed E-state index contributed by atoms with van der Waals surface area (Å²) < 4.78 is 5.39. The fourth-order valence-electron chi connectivity index (χ4n) is 3.08. The molecule has 0 amide bonds. The van der Waals surface area contributed by atoms with Crippen molar-refractivity contribution in [3.8, 4) is 0 Å². The lowest BCUT2D eigenvalue weighted by molar-refractivity contribution is 0.140. The molecule has 19 heavy (non-hydrogen) atoms. The minimum absolute atomic E-state index is 0.0376. The zero-order valence-corrected chi connectivity index (χ0v) is 12.1. The van der Waals surface area contributed by atoms with Gasteiger partial charge < -0.3 is 9.84 Å². The summed E-state index contributed by atoms with van der Waals surface area (Å²) in [4.78, 5) is 6.98. The molecule has 1 aromatic rings. The summed E-state index contributed by atoms with van der Waals surface area (Å²) in [6.45, 7) is 10.6. The molecule has 0 spiro atoms. The SMILES string of the molecule is CC(C)(C)c1noc(CN2CCC3NCCC3C2)n1. The third kappa shape index (κ3) is 2.82. The maximum atomic E-state index is 5.39. The standard InChI is InChI=1S/C14H24N4O/c1-14(2,3)13-16-12(19-17-13)9-18-7-5-11-10(8-18)4-6-15-11/h10-11,15H,4-9H2,1-3H3. The molecule has 1 aromatic heterocycles. The topological polar surface area (TPSA) is 54.2 Å². The maximum absolute atomic E-state index is 5.39. The van der Waals surface area contributed by atoms with Crippen LogP contribution in [-0.4, -0.2) is 40.7 Å². The molecule has 5 heteroatoms. The number of hydrogen-bond acceptors (Lipinski definition) is 5. The van der Waals surface area contributed by atoms with Crippen LogP contribution < -0.4 is 5.32 Å². The first-order valence-corrected chi connectivity index (χ1v) is 7.31. The third-order valence-corrected chi connectivity index (χ3v) is 4.24. The Morgan fingerprint density at radius 3 is 2.95 bits per heavy atom. The van der Waals surface area contributed by atoms with E-state index in [0.29, 0.717) is 0 Å². The molecule has 106 valence electrons. The zero-order valence-electron chi connectivity index (χ0n) is 12.1. The van der Waals surface area contributed by atoms with Gasteiger partial charge in [-0.2, -0.15) is 4.98 Å². The zero-order chi connectivity index (χ0) is 13.5. The van der Waals surface area contributed by atoms with Crippen molar-refractivity contribution in [1.82, 2.24) is 20.4 Å². The van der Waals surface area contributed by atoms with E-state index in [9.17, 15) is 0 Å². The number of rotatable bonds is 2. The van der Waals surface area contributed by atoms with Gasteiger partial charge in [0, 0.05) is 24.5 Å². The Morgan fingerprint density at radius 2 is 2.21 bits per heavy atom. The van der Waals surface area contributed by atoms with Gasteiger partial charge in [0.2, 0.25) is 5.89 Å². The highest BCUT2D eigenvalue weighted by Crippen LogP contribution is 2.26. The Balaban J connectivity index is 1.61. The van der Waals surface area contributed by atoms with Crippen LogP contribution >= 0.6 is 0 Å². The average molecular weight is 264 g/mol. The predicted molar refractivity (Wildman–Crippen MR) is 72.8 cm³/mol. The van der Waals surface area contributed by atoms with Gasteiger partial charge in [-0.1, -0.05) is 25.9 Å². The van der Waals surface area contributed by atoms with E-state index in [1.165, 1.54) is 19.4 Å². The summed E-state index contributed by atoms with van der Waals surface area (Å²) in [6, 6.07) is 0.740. The highest BCUT2D eigenvalue weighted by Gasteiger charge is 2.33. The van der Waals surface area contributed by atoms with Crippen LogP contribution in [0.15, 0.2) is 4.52 Å². The number of nitrogens with one attached hydrogen (secondary N) is 1. The molecule has 2 aliphatic heterocycles. The number of piperidine rings is 1. The molecule has 0 aromatic carbocycles. The number of likely N-dealkylation sites (tertiary alicyclic amines) is 1. The van der Waals surface area contributed by atoms with Crippen LogP contribution in [0.5, 0.6) is 0 Å². The van der Waals surface area contributed by atoms with E-state index in [1.807, 2.05) is 0 Å². The molecule has 2 fully saturated rings. The third-order valence-electron chi connectivity index (χ3n) is 4.24. The molecule has 2 unspecified atom stereocenters. The lowest BCUT2D eigenvalue weighted by atomic mass is 9.93. The van der Waals surface area contributed by atoms with Crippen LogP contribution in [0.3, 0.4) is 0 Å². The highest BCUT2D eigenvalue weighted by atomic mass is 16.5.